The lowest BCUT2D eigenvalue weighted by Crippen LogP contribution is -2.13. The SMILES string of the molecule is CN(C)Cc1cccc(Nc2sc(-c3ccccc3F)cc2C(N)=O)n1. The number of halogens is 1. The lowest BCUT2D eigenvalue weighted by Gasteiger charge is -2.10. The number of aromatic nitrogens is 1. The van der Waals surface area contributed by atoms with Gasteiger partial charge in [-0.2, -0.15) is 0 Å². The smallest absolute Gasteiger partial charge is 0.251 e. The second kappa shape index (κ2) is 7.63. The summed E-state index contributed by atoms with van der Waals surface area (Å²) in [5.74, 6) is -0.313. The van der Waals surface area contributed by atoms with Gasteiger partial charge in [-0.1, -0.05) is 24.3 Å². The number of thiophene rings is 1. The molecule has 0 aliphatic rings. The number of amides is 1. The molecule has 0 saturated carbocycles. The minimum absolute atomic E-state index is 0.313. The first-order valence-corrected chi connectivity index (χ1v) is 8.82. The van der Waals surface area contributed by atoms with Crippen molar-refractivity contribution in [3.8, 4) is 10.4 Å². The zero-order valence-corrected chi connectivity index (χ0v) is 15.3. The molecule has 2 heterocycles. The van der Waals surface area contributed by atoms with Gasteiger partial charge in [0.25, 0.3) is 5.91 Å². The van der Waals surface area contributed by atoms with Gasteiger partial charge < -0.3 is 16.0 Å². The molecule has 3 aromatic rings. The zero-order valence-electron chi connectivity index (χ0n) is 14.5. The van der Waals surface area contributed by atoms with Crippen LogP contribution in [0.5, 0.6) is 0 Å². The van der Waals surface area contributed by atoms with E-state index >= 15 is 0 Å². The molecule has 7 heteroatoms. The molecule has 1 aromatic carbocycles. The van der Waals surface area contributed by atoms with E-state index in [1.165, 1.54) is 17.4 Å². The second-order valence-electron chi connectivity index (χ2n) is 6.07. The Bertz CT molecular complexity index is 939. The Morgan fingerprint density at radius 2 is 2.00 bits per heavy atom. The number of nitrogens with one attached hydrogen (secondary N) is 1. The van der Waals surface area contributed by atoms with E-state index in [1.54, 1.807) is 24.3 Å². The van der Waals surface area contributed by atoms with Crippen LogP contribution in [-0.4, -0.2) is 29.9 Å². The molecule has 0 atom stereocenters. The van der Waals surface area contributed by atoms with Crippen molar-refractivity contribution in [2.75, 3.05) is 19.4 Å². The number of carbonyl (C=O) groups is 1. The van der Waals surface area contributed by atoms with Crippen molar-refractivity contribution in [3.05, 3.63) is 65.6 Å². The maximum atomic E-state index is 14.1. The molecule has 0 radical (unpaired) electrons. The first kappa shape index (κ1) is 18.0. The standard InChI is InChI=1S/C19H19FN4OS/c1-24(2)11-12-6-5-9-17(22-12)23-19-14(18(21)25)10-16(26-19)13-7-3-4-8-15(13)20/h3-10H,11H2,1-2H3,(H2,21,25)(H,22,23). The highest BCUT2D eigenvalue weighted by atomic mass is 32.1. The second-order valence-corrected chi connectivity index (χ2v) is 7.13. The molecule has 0 fully saturated rings. The van der Waals surface area contributed by atoms with Crippen molar-refractivity contribution < 1.29 is 9.18 Å². The van der Waals surface area contributed by atoms with E-state index in [2.05, 4.69) is 10.3 Å². The van der Waals surface area contributed by atoms with Crippen molar-refractivity contribution in [2.45, 2.75) is 6.54 Å². The van der Waals surface area contributed by atoms with Crippen LogP contribution in [0.2, 0.25) is 0 Å². The highest BCUT2D eigenvalue weighted by Crippen LogP contribution is 2.37. The Balaban J connectivity index is 1.95. The third-order valence-electron chi connectivity index (χ3n) is 3.66. The molecular formula is C19H19FN4OS. The third-order valence-corrected chi connectivity index (χ3v) is 4.75. The zero-order chi connectivity index (χ0) is 18.7. The van der Waals surface area contributed by atoms with E-state index in [0.717, 1.165) is 5.69 Å². The van der Waals surface area contributed by atoms with E-state index in [4.69, 9.17) is 5.73 Å². The van der Waals surface area contributed by atoms with Crippen LogP contribution in [0.25, 0.3) is 10.4 Å². The van der Waals surface area contributed by atoms with Crippen LogP contribution in [-0.2, 0) is 6.54 Å². The number of primary amides is 1. The van der Waals surface area contributed by atoms with E-state index in [1.807, 2.05) is 37.2 Å². The molecule has 2 aromatic heterocycles. The van der Waals surface area contributed by atoms with Crippen LogP contribution in [0, 0.1) is 5.82 Å². The number of rotatable bonds is 6. The van der Waals surface area contributed by atoms with Gasteiger partial charge in [0.2, 0.25) is 0 Å². The molecular weight excluding hydrogens is 351 g/mol. The van der Waals surface area contributed by atoms with Crippen LogP contribution in [0.3, 0.4) is 0 Å². The highest BCUT2D eigenvalue weighted by molar-refractivity contribution is 7.19. The Morgan fingerprint density at radius 1 is 1.23 bits per heavy atom. The molecule has 0 aliphatic heterocycles. The van der Waals surface area contributed by atoms with Crippen molar-refractivity contribution in [3.63, 3.8) is 0 Å². The van der Waals surface area contributed by atoms with Crippen LogP contribution in [0.4, 0.5) is 15.2 Å². The van der Waals surface area contributed by atoms with Gasteiger partial charge >= 0.3 is 0 Å². The molecule has 3 N–H and O–H groups in total. The van der Waals surface area contributed by atoms with E-state index in [0.29, 0.717) is 33.4 Å². The van der Waals surface area contributed by atoms with E-state index in [9.17, 15) is 9.18 Å². The molecule has 0 spiro atoms. The maximum absolute atomic E-state index is 14.1. The number of hydrogen-bond donors (Lipinski definition) is 2. The lowest BCUT2D eigenvalue weighted by molar-refractivity contribution is 0.100. The molecule has 3 rings (SSSR count). The third kappa shape index (κ3) is 4.07. The number of benzene rings is 1. The molecule has 0 bridgehead atoms. The topological polar surface area (TPSA) is 71.2 Å². The highest BCUT2D eigenvalue weighted by Gasteiger charge is 2.17. The number of nitrogens with zero attached hydrogens (tertiary/aromatic N) is 2. The number of anilines is 2. The minimum atomic E-state index is -0.573. The fourth-order valence-electron chi connectivity index (χ4n) is 2.54. The summed E-state index contributed by atoms with van der Waals surface area (Å²) in [4.78, 5) is 19.0. The largest absolute Gasteiger partial charge is 0.366 e. The van der Waals surface area contributed by atoms with Gasteiger partial charge in [0.15, 0.2) is 0 Å². The summed E-state index contributed by atoms with van der Waals surface area (Å²) >= 11 is 1.27. The molecule has 134 valence electrons. The van der Waals surface area contributed by atoms with Gasteiger partial charge in [-0.3, -0.25) is 4.79 Å². The fraction of sp³-hybridized carbons (Fsp3) is 0.158. The quantitative estimate of drug-likeness (QED) is 0.691. The monoisotopic (exact) mass is 370 g/mol. The van der Waals surface area contributed by atoms with Crippen molar-refractivity contribution in [1.82, 2.24) is 9.88 Å². The average molecular weight is 370 g/mol. The van der Waals surface area contributed by atoms with Gasteiger partial charge in [0.1, 0.15) is 16.6 Å². The summed E-state index contributed by atoms with van der Waals surface area (Å²) in [5.41, 5.74) is 7.14. The van der Waals surface area contributed by atoms with Crippen LogP contribution >= 0.6 is 11.3 Å². The maximum Gasteiger partial charge on any atom is 0.251 e. The minimum Gasteiger partial charge on any atom is -0.366 e. The molecule has 0 saturated heterocycles. The van der Waals surface area contributed by atoms with Gasteiger partial charge in [-0.25, -0.2) is 9.37 Å². The predicted molar refractivity (Wildman–Crippen MR) is 103 cm³/mol. The molecule has 26 heavy (non-hydrogen) atoms. The van der Waals surface area contributed by atoms with Crippen molar-refractivity contribution >= 4 is 28.1 Å². The number of hydrogen-bond acceptors (Lipinski definition) is 5. The fourth-order valence-corrected chi connectivity index (χ4v) is 3.64. The summed E-state index contributed by atoms with van der Waals surface area (Å²) in [7, 11) is 3.93. The summed E-state index contributed by atoms with van der Waals surface area (Å²) < 4.78 is 14.1. The number of carbonyl (C=O) groups excluding carboxylic acids is 1. The Morgan fingerprint density at radius 3 is 2.69 bits per heavy atom. The lowest BCUT2D eigenvalue weighted by atomic mass is 10.1. The first-order chi connectivity index (χ1) is 12.4. The van der Waals surface area contributed by atoms with Gasteiger partial charge in [0, 0.05) is 17.0 Å². The van der Waals surface area contributed by atoms with Crippen LogP contribution in [0.1, 0.15) is 16.1 Å². The van der Waals surface area contributed by atoms with Gasteiger partial charge in [-0.05, 0) is 38.4 Å². The van der Waals surface area contributed by atoms with E-state index < -0.39 is 5.91 Å². The molecule has 0 unspecified atom stereocenters. The Hall–Kier alpha value is -2.77. The normalized spacial score (nSPS) is 10.9. The Labute approximate surface area is 155 Å². The van der Waals surface area contributed by atoms with E-state index in [-0.39, 0.29) is 5.82 Å². The molecule has 1 amide bonds. The average Bonchev–Trinajstić information content (AvgIpc) is 2.99. The molecule has 5 nitrogen and oxygen atoms in total. The summed E-state index contributed by atoms with van der Waals surface area (Å²) in [6.07, 6.45) is 0. The number of pyridine rings is 1. The van der Waals surface area contributed by atoms with Gasteiger partial charge in [0.05, 0.1) is 11.3 Å². The van der Waals surface area contributed by atoms with Gasteiger partial charge in [-0.15, -0.1) is 11.3 Å². The summed E-state index contributed by atoms with van der Waals surface area (Å²) in [6.45, 7) is 0.698. The molecule has 0 aliphatic carbocycles. The first-order valence-electron chi connectivity index (χ1n) is 8.00. The van der Waals surface area contributed by atoms with Crippen LogP contribution < -0.4 is 11.1 Å². The Kier molecular flexibility index (Phi) is 5.29. The van der Waals surface area contributed by atoms with Crippen LogP contribution in [0.15, 0.2) is 48.5 Å². The van der Waals surface area contributed by atoms with Crippen molar-refractivity contribution in [1.29, 1.82) is 0 Å². The van der Waals surface area contributed by atoms with Crippen molar-refractivity contribution in [2.24, 2.45) is 5.73 Å². The predicted octanol–water partition coefficient (Wildman–Crippen LogP) is 3.85. The number of nitrogens with two attached hydrogens (primary N) is 1. The summed E-state index contributed by atoms with van der Waals surface area (Å²) in [6, 6.07) is 13.7. The summed E-state index contributed by atoms with van der Waals surface area (Å²) in [5, 5.41) is 3.69.